The number of piperazine rings is 1. The second kappa shape index (κ2) is 8.51. The number of nitrogens with zero attached hydrogens (tertiary/aromatic N) is 8. The maximum absolute atomic E-state index is 13.2. The molecule has 5 rings (SSSR count). The van der Waals surface area contributed by atoms with Crippen LogP contribution in [0.25, 0.3) is 16.2 Å². The van der Waals surface area contributed by atoms with Crippen molar-refractivity contribution < 1.29 is 4.79 Å². The Hall–Kier alpha value is -3.40. The van der Waals surface area contributed by atoms with Crippen LogP contribution in [0.5, 0.6) is 0 Å². The van der Waals surface area contributed by atoms with Crippen LogP contribution < -0.4 is 4.90 Å². The predicted octanol–water partition coefficient (Wildman–Crippen LogP) is 2.79. The zero-order chi connectivity index (χ0) is 23.1. The molecule has 10 heteroatoms. The summed E-state index contributed by atoms with van der Waals surface area (Å²) in [5, 5.41) is 7.75. The standard InChI is InChI=1S/C23H26N8OS/c1-14-11-15(2)27-23(26-14)31-17(4)19(16(3)28-31)12-20(32)29-6-8-30(9-7-29)21-18-5-10-33-22(18)25-13-24-21/h5,10-11,13H,6-9,12H2,1-4H3. The smallest absolute Gasteiger partial charge is 0.251 e. The van der Waals surface area contributed by atoms with Crippen molar-refractivity contribution in [1.29, 1.82) is 0 Å². The van der Waals surface area contributed by atoms with Crippen LogP contribution in [0.1, 0.15) is 28.3 Å². The molecule has 1 aliphatic heterocycles. The highest BCUT2D eigenvalue weighted by Gasteiger charge is 2.25. The van der Waals surface area contributed by atoms with Gasteiger partial charge < -0.3 is 9.80 Å². The van der Waals surface area contributed by atoms with Gasteiger partial charge in [-0.2, -0.15) is 5.10 Å². The quantitative estimate of drug-likeness (QED) is 0.460. The van der Waals surface area contributed by atoms with Crippen molar-refractivity contribution in [1.82, 2.24) is 34.6 Å². The normalized spacial score (nSPS) is 14.3. The lowest BCUT2D eigenvalue weighted by Gasteiger charge is -2.35. The van der Waals surface area contributed by atoms with Crippen LogP contribution in [0.2, 0.25) is 0 Å². The Kier molecular flexibility index (Phi) is 5.53. The largest absolute Gasteiger partial charge is 0.352 e. The van der Waals surface area contributed by atoms with Crippen LogP contribution in [0.3, 0.4) is 0 Å². The molecule has 0 radical (unpaired) electrons. The number of amides is 1. The molecule has 0 bridgehead atoms. The van der Waals surface area contributed by atoms with E-state index in [-0.39, 0.29) is 5.91 Å². The Labute approximate surface area is 196 Å². The van der Waals surface area contributed by atoms with Gasteiger partial charge >= 0.3 is 0 Å². The molecule has 1 saturated heterocycles. The molecule has 170 valence electrons. The number of rotatable bonds is 4. The highest BCUT2D eigenvalue weighted by atomic mass is 32.1. The van der Waals surface area contributed by atoms with Crippen molar-refractivity contribution in [3.05, 3.63) is 52.2 Å². The molecular weight excluding hydrogens is 436 g/mol. The highest BCUT2D eigenvalue weighted by molar-refractivity contribution is 7.16. The van der Waals surface area contributed by atoms with E-state index in [9.17, 15) is 4.79 Å². The molecule has 1 amide bonds. The highest BCUT2D eigenvalue weighted by Crippen LogP contribution is 2.27. The molecule has 0 N–H and O–H groups in total. The summed E-state index contributed by atoms with van der Waals surface area (Å²) >= 11 is 1.62. The molecule has 33 heavy (non-hydrogen) atoms. The lowest BCUT2D eigenvalue weighted by Crippen LogP contribution is -2.49. The molecule has 0 aliphatic carbocycles. The molecule has 5 heterocycles. The number of carbonyl (C=O) groups excluding carboxylic acids is 1. The number of thiophene rings is 1. The molecule has 9 nitrogen and oxygen atoms in total. The minimum absolute atomic E-state index is 0.116. The Morgan fingerprint density at radius 2 is 1.76 bits per heavy atom. The minimum atomic E-state index is 0.116. The van der Waals surface area contributed by atoms with Crippen molar-refractivity contribution in [2.24, 2.45) is 0 Å². The van der Waals surface area contributed by atoms with Gasteiger partial charge in [0, 0.05) is 48.8 Å². The van der Waals surface area contributed by atoms with Crippen LogP contribution in [0, 0.1) is 27.7 Å². The molecule has 0 spiro atoms. The number of carbonyl (C=O) groups is 1. The van der Waals surface area contributed by atoms with Crippen molar-refractivity contribution in [2.75, 3.05) is 31.1 Å². The van der Waals surface area contributed by atoms with Gasteiger partial charge in [-0.15, -0.1) is 11.3 Å². The van der Waals surface area contributed by atoms with Gasteiger partial charge in [0.2, 0.25) is 5.91 Å². The van der Waals surface area contributed by atoms with E-state index in [0.29, 0.717) is 25.5 Å². The number of aryl methyl sites for hydroxylation is 3. The van der Waals surface area contributed by atoms with Gasteiger partial charge in [-0.05, 0) is 45.2 Å². The first-order chi connectivity index (χ1) is 15.9. The fraction of sp³-hybridized carbons (Fsp3) is 0.391. The van der Waals surface area contributed by atoms with Gasteiger partial charge in [0.05, 0.1) is 17.5 Å². The third-order valence-corrected chi connectivity index (χ3v) is 6.92. The number of hydrogen-bond acceptors (Lipinski definition) is 8. The number of anilines is 1. The molecule has 4 aromatic heterocycles. The van der Waals surface area contributed by atoms with Crippen LogP contribution in [0.15, 0.2) is 23.8 Å². The van der Waals surface area contributed by atoms with Gasteiger partial charge in [-0.3, -0.25) is 4.79 Å². The van der Waals surface area contributed by atoms with Crippen LogP contribution in [-0.2, 0) is 11.2 Å². The molecule has 1 aliphatic rings. The first kappa shape index (κ1) is 21.4. The zero-order valence-corrected chi connectivity index (χ0v) is 20.1. The van der Waals surface area contributed by atoms with Gasteiger partial charge in [-0.25, -0.2) is 24.6 Å². The van der Waals surface area contributed by atoms with E-state index < -0.39 is 0 Å². The van der Waals surface area contributed by atoms with Gasteiger partial charge in [-0.1, -0.05) is 0 Å². The van der Waals surface area contributed by atoms with Crippen LogP contribution in [-0.4, -0.2) is 66.7 Å². The van der Waals surface area contributed by atoms with E-state index >= 15 is 0 Å². The van der Waals surface area contributed by atoms with Gasteiger partial charge in [0.25, 0.3) is 5.95 Å². The summed E-state index contributed by atoms with van der Waals surface area (Å²) in [4.78, 5) is 36.2. The Morgan fingerprint density at radius 1 is 1.03 bits per heavy atom. The average Bonchev–Trinajstić information content (AvgIpc) is 3.38. The molecule has 0 atom stereocenters. The first-order valence-electron chi connectivity index (χ1n) is 11.0. The van der Waals surface area contributed by atoms with E-state index in [1.54, 1.807) is 22.3 Å². The van der Waals surface area contributed by atoms with Crippen molar-refractivity contribution in [2.45, 2.75) is 34.1 Å². The number of hydrogen-bond donors (Lipinski definition) is 0. The zero-order valence-electron chi connectivity index (χ0n) is 19.2. The summed E-state index contributed by atoms with van der Waals surface area (Å²) in [6.07, 6.45) is 1.94. The maximum Gasteiger partial charge on any atom is 0.251 e. The molecule has 4 aromatic rings. The second-order valence-electron chi connectivity index (χ2n) is 8.39. The third-order valence-electron chi connectivity index (χ3n) is 6.10. The van der Waals surface area contributed by atoms with Crippen LogP contribution >= 0.6 is 11.3 Å². The summed E-state index contributed by atoms with van der Waals surface area (Å²) < 4.78 is 1.75. The molecular formula is C23H26N8OS. The van der Waals surface area contributed by atoms with E-state index in [2.05, 4.69) is 36.0 Å². The predicted molar refractivity (Wildman–Crippen MR) is 128 cm³/mol. The summed E-state index contributed by atoms with van der Waals surface area (Å²) in [7, 11) is 0. The Bertz CT molecular complexity index is 1320. The lowest BCUT2D eigenvalue weighted by molar-refractivity contribution is -0.130. The fourth-order valence-corrected chi connectivity index (χ4v) is 5.11. The molecule has 0 unspecified atom stereocenters. The summed E-state index contributed by atoms with van der Waals surface area (Å²) in [5.74, 6) is 1.62. The number of aromatic nitrogens is 6. The summed E-state index contributed by atoms with van der Waals surface area (Å²) in [5.41, 5.74) is 4.47. The maximum atomic E-state index is 13.2. The van der Waals surface area contributed by atoms with E-state index in [1.165, 1.54) is 0 Å². The molecule has 1 fully saturated rings. The van der Waals surface area contributed by atoms with Crippen molar-refractivity contribution >= 4 is 33.3 Å². The lowest BCUT2D eigenvalue weighted by atomic mass is 10.1. The molecule has 0 saturated carbocycles. The Balaban J connectivity index is 1.29. The van der Waals surface area contributed by atoms with Gasteiger partial charge in [0.1, 0.15) is 17.0 Å². The minimum Gasteiger partial charge on any atom is -0.352 e. The summed E-state index contributed by atoms with van der Waals surface area (Å²) in [6.45, 7) is 10.6. The van der Waals surface area contributed by atoms with Crippen LogP contribution in [0.4, 0.5) is 5.82 Å². The topological polar surface area (TPSA) is 92.9 Å². The van der Waals surface area contributed by atoms with Crippen molar-refractivity contribution in [3.63, 3.8) is 0 Å². The van der Waals surface area contributed by atoms with E-state index in [1.807, 2.05) is 44.0 Å². The van der Waals surface area contributed by atoms with E-state index in [4.69, 9.17) is 0 Å². The monoisotopic (exact) mass is 462 g/mol. The SMILES string of the molecule is Cc1cc(C)nc(-n2nc(C)c(CC(=O)N3CCN(c4ncnc5sccc45)CC3)c2C)n1. The third kappa shape index (κ3) is 4.06. The van der Waals surface area contributed by atoms with Crippen molar-refractivity contribution in [3.8, 4) is 5.95 Å². The van der Waals surface area contributed by atoms with Gasteiger partial charge in [0.15, 0.2) is 0 Å². The van der Waals surface area contributed by atoms with E-state index in [0.717, 1.165) is 57.5 Å². The summed E-state index contributed by atoms with van der Waals surface area (Å²) in [6, 6.07) is 4.00. The first-order valence-corrected chi connectivity index (χ1v) is 11.9. The number of fused-ring (bicyclic) bond motifs is 1. The second-order valence-corrected chi connectivity index (χ2v) is 9.29. The average molecular weight is 463 g/mol. The molecule has 0 aromatic carbocycles. The fourth-order valence-electron chi connectivity index (χ4n) is 4.39. The Morgan fingerprint density at radius 3 is 2.48 bits per heavy atom.